The van der Waals surface area contributed by atoms with Crippen LogP contribution in [-0.4, -0.2) is 0 Å². The summed E-state index contributed by atoms with van der Waals surface area (Å²) in [6.07, 6.45) is 2.69. The van der Waals surface area contributed by atoms with E-state index in [1.54, 1.807) is 0 Å². The van der Waals surface area contributed by atoms with Gasteiger partial charge >= 0.3 is 0 Å². The molecule has 0 aliphatic carbocycles. The highest BCUT2D eigenvalue weighted by atomic mass is 19.1. The number of hydrogen-bond acceptors (Lipinski definition) is 2. The fourth-order valence-electron chi connectivity index (χ4n) is 1.37. The van der Waals surface area contributed by atoms with Gasteiger partial charge < -0.3 is 5.73 Å². The molecule has 0 atom stereocenters. The van der Waals surface area contributed by atoms with Crippen LogP contribution >= 0.6 is 0 Å². The SMILES string of the molecule is C=C=CCc1ccc(C#N)cc1.Nc1ccc(F)cc1. The maximum Gasteiger partial charge on any atom is 0.123 e. The minimum absolute atomic E-state index is 0.251. The summed E-state index contributed by atoms with van der Waals surface area (Å²) in [5.74, 6) is -0.251. The van der Waals surface area contributed by atoms with Crippen molar-refractivity contribution in [3.8, 4) is 6.07 Å². The van der Waals surface area contributed by atoms with E-state index in [1.165, 1.54) is 29.8 Å². The molecule has 2 aromatic carbocycles. The van der Waals surface area contributed by atoms with Gasteiger partial charge in [-0.1, -0.05) is 18.7 Å². The lowest BCUT2D eigenvalue weighted by Gasteiger charge is -1.93. The molecule has 3 heteroatoms. The lowest BCUT2D eigenvalue weighted by molar-refractivity contribution is 0.628. The Morgan fingerprint density at radius 1 is 1.10 bits per heavy atom. The summed E-state index contributed by atoms with van der Waals surface area (Å²) in [6, 6.07) is 15.3. The van der Waals surface area contributed by atoms with Gasteiger partial charge in [0.05, 0.1) is 11.6 Å². The first-order valence-corrected chi connectivity index (χ1v) is 6.00. The van der Waals surface area contributed by atoms with Crippen molar-refractivity contribution in [2.45, 2.75) is 6.42 Å². The Morgan fingerprint density at radius 2 is 1.70 bits per heavy atom. The third-order valence-corrected chi connectivity index (χ3v) is 2.44. The number of benzene rings is 2. The van der Waals surface area contributed by atoms with Gasteiger partial charge in [-0.2, -0.15) is 5.26 Å². The van der Waals surface area contributed by atoms with Crippen LogP contribution in [0.5, 0.6) is 0 Å². The number of allylic oxidation sites excluding steroid dienone is 1. The highest BCUT2D eigenvalue weighted by Gasteiger charge is 1.90. The zero-order valence-electron chi connectivity index (χ0n) is 11.0. The molecule has 0 aliphatic heterocycles. The number of nitrogens with zero attached hydrogens (tertiary/aromatic N) is 1. The summed E-state index contributed by atoms with van der Waals surface area (Å²) in [5.41, 5.74) is 10.4. The molecular formula is C17H15FN2. The molecule has 100 valence electrons. The van der Waals surface area contributed by atoms with E-state index in [1.807, 2.05) is 30.3 Å². The molecule has 0 unspecified atom stereocenters. The first-order valence-electron chi connectivity index (χ1n) is 6.00. The zero-order valence-corrected chi connectivity index (χ0v) is 11.0. The third-order valence-electron chi connectivity index (χ3n) is 2.44. The normalized spacial score (nSPS) is 8.60. The monoisotopic (exact) mass is 266 g/mol. The smallest absolute Gasteiger partial charge is 0.123 e. The molecule has 2 rings (SSSR count). The molecule has 0 heterocycles. The van der Waals surface area contributed by atoms with Crippen molar-refractivity contribution in [1.29, 1.82) is 5.26 Å². The molecule has 0 amide bonds. The van der Waals surface area contributed by atoms with Crippen molar-refractivity contribution in [2.75, 3.05) is 5.73 Å². The van der Waals surface area contributed by atoms with E-state index in [-0.39, 0.29) is 5.82 Å². The largest absolute Gasteiger partial charge is 0.399 e. The molecule has 20 heavy (non-hydrogen) atoms. The second kappa shape index (κ2) is 8.31. The maximum atomic E-state index is 12.0. The van der Waals surface area contributed by atoms with Crippen molar-refractivity contribution >= 4 is 5.69 Å². The fourth-order valence-corrected chi connectivity index (χ4v) is 1.37. The van der Waals surface area contributed by atoms with Gasteiger partial charge in [-0.3, -0.25) is 0 Å². The molecular weight excluding hydrogens is 251 g/mol. The first-order chi connectivity index (χ1) is 9.65. The molecule has 0 aliphatic rings. The number of nitriles is 1. The number of rotatable bonds is 2. The Hall–Kier alpha value is -2.82. The molecule has 0 saturated heterocycles. The lowest BCUT2D eigenvalue weighted by Crippen LogP contribution is -1.82. The van der Waals surface area contributed by atoms with Crippen LogP contribution in [0.2, 0.25) is 0 Å². The second-order valence-electron chi connectivity index (χ2n) is 3.97. The van der Waals surface area contributed by atoms with E-state index >= 15 is 0 Å². The predicted molar refractivity (Wildman–Crippen MR) is 79.4 cm³/mol. The van der Waals surface area contributed by atoms with Gasteiger partial charge in [0, 0.05) is 5.69 Å². The van der Waals surface area contributed by atoms with Crippen LogP contribution in [0.1, 0.15) is 11.1 Å². The van der Waals surface area contributed by atoms with Crippen molar-refractivity contribution in [3.05, 3.63) is 83.9 Å². The number of nitrogens with two attached hydrogens (primary N) is 1. The van der Waals surface area contributed by atoms with Gasteiger partial charge in [-0.15, -0.1) is 5.73 Å². The highest BCUT2D eigenvalue weighted by molar-refractivity contribution is 5.36. The number of halogens is 1. The van der Waals surface area contributed by atoms with Gasteiger partial charge in [0.25, 0.3) is 0 Å². The summed E-state index contributed by atoms with van der Waals surface area (Å²) < 4.78 is 12.0. The Labute approximate surface area is 118 Å². The summed E-state index contributed by atoms with van der Waals surface area (Å²) in [6.45, 7) is 3.48. The summed E-state index contributed by atoms with van der Waals surface area (Å²) in [4.78, 5) is 0. The standard InChI is InChI=1S/C11H9N.C6H6FN/c1-2-3-4-10-5-7-11(9-12)8-6-10;7-5-1-3-6(8)4-2-5/h3,5-8H,1,4H2;1-4H,8H2. The minimum atomic E-state index is -0.251. The number of anilines is 1. The van der Waals surface area contributed by atoms with E-state index in [9.17, 15) is 4.39 Å². The summed E-state index contributed by atoms with van der Waals surface area (Å²) in [5, 5.41) is 8.52. The van der Waals surface area contributed by atoms with E-state index < -0.39 is 0 Å². The minimum Gasteiger partial charge on any atom is -0.399 e. The lowest BCUT2D eigenvalue weighted by atomic mass is 10.1. The highest BCUT2D eigenvalue weighted by Crippen LogP contribution is 2.04. The van der Waals surface area contributed by atoms with Crippen LogP contribution < -0.4 is 5.73 Å². The molecule has 0 fully saturated rings. The number of hydrogen-bond donors (Lipinski definition) is 1. The summed E-state index contributed by atoms with van der Waals surface area (Å²) in [7, 11) is 0. The van der Waals surface area contributed by atoms with Crippen molar-refractivity contribution in [1.82, 2.24) is 0 Å². The summed E-state index contributed by atoms with van der Waals surface area (Å²) >= 11 is 0. The van der Waals surface area contributed by atoms with Gasteiger partial charge in [0.15, 0.2) is 0 Å². The van der Waals surface area contributed by atoms with E-state index in [0.717, 1.165) is 6.42 Å². The molecule has 0 aromatic heterocycles. The molecule has 0 bridgehead atoms. The number of nitrogen functional groups attached to an aromatic ring is 1. The van der Waals surface area contributed by atoms with Crippen LogP contribution in [0.25, 0.3) is 0 Å². The van der Waals surface area contributed by atoms with Gasteiger partial charge in [0.2, 0.25) is 0 Å². The fraction of sp³-hybridized carbons (Fsp3) is 0.0588. The van der Waals surface area contributed by atoms with Crippen molar-refractivity contribution in [2.24, 2.45) is 0 Å². The Morgan fingerprint density at radius 3 is 2.15 bits per heavy atom. The van der Waals surface area contributed by atoms with Crippen molar-refractivity contribution < 1.29 is 4.39 Å². The topological polar surface area (TPSA) is 49.8 Å². The second-order valence-corrected chi connectivity index (χ2v) is 3.97. The molecule has 2 N–H and O–H groups in total. The molecule has 2 aromatic rings. The van der Waals surface area contributed by atoms with E-state index in [2.05, 4.69) is 18.4 Å². The van der Waals surface area contributed by atoms with Crippen LogP contribution in [0, 0.1) is 17.1 Å². The van der Waals surface area contributed by atoms with Gasteiger partial charge in [-0.05, 0) is 54.5 Å². The van der Waals surface area contributed by atoms with Crippen LogP contribution in [0.15, 0.2) is 66.9 Å². The molecule has 2 nitrogen and oxygen atoms in total. The van der Waals surface area contributed by atoms with Crippen molar-refractivity contribution in [3.63, 3.8) is 0 Å². The Bertz CT molecular complexity index is 595. The quantitative estimate of drug-likeness (QED) is 0.663. The third kappa shape index (κ3) is 5.68. The molecule has 0 saturated carbocycles. The van der Waals surface area contributed by atoms with Crippen LogP contribution in [0.3, 0.4) is 0 Å². The van der Waals surface area contributed by atoms with Crippen LogP contribution in [-0.2, 0) is 6.42 Å². The Kier molecular flexibility index (Phi) is 6.33. The van der Waals surface area contributed by atoms with E-state index in [4.69, 9.17) is 11.0 Å². The maximum absolute atomic E-state index is 12.0. The predicted octanol–water partition coefficient (Wildman–Crippen LogP) is 3.85. The molecule has 0 radical (unpaired) electrons. The average Bonchev–Trinajstić information content (AvgIpc) is 2.49. The first kappa shape index (κ1) is 15.2. The Balaban J connectivity index is 0.000000217. The van der Waals surface area contributed by atoms with Gasteiger partial charge in [0.1, 0.15) is 5.82 Å². The average molecular weight is 266 g/mol. The van der Waals surface area contributed by atoms with E-state index in [0.29, 0.717) is 11.3 Å². The van der Waals surface area contributed by atoms with Gasteiger partial charge in [-0.25, -0.2) is 4.39 Å². The zero-order chi connectivity index (χ0) is 14.8. The molecule has 0 spiro atoms. The van der Waals surface area contributed by atoms with Crippen LogP contribution in [0.4, 0.5) is 10.1 Å².